The summed E-state index contributed by atoms with van der Waals surface area (Å²) in [6, 6.07) is 3.68. The van der Waals surface area contributed by atoms with Crippen molar-refractivity contribution < 1.29 is 18.7 Å². The van der Waals surface area contributed by atoms with E-state index in [1.165, 1.54) is 17.0 Å². The normalized spacial score (nSPS) is 20.9. The predicted molar refractivity (Wildman–Crippen MR) is 66.3 cm³/mol. The SMILES string of the molecule is CCC1CC(=O)N(CC(O)c2cccc(F)c2F)C1. The Morgan fingerprint density at radius 3 is 2.84 bits per heavy atom. The maximum atomic E-state index is 13.5. The van der Waals surface area contributed by atoms with Gasteiger partial charge in [-0.25, -0.2) is 8.78 Å². The van der Waals surface area contributed by atoms with Crippen molar-refractivity contribution in [1.29, 1.82) is 0 Å². The molecule has 19 heavy (non-hydrogen) atoms. The van der Waals surface area contributed by atoms with Crippen molar-refractivity contribution in [1.82, 2.24) is 4.90 Å². The van der Waals surface area contributed by atoms with E-state index in [-0.39, 0.29) is 23.9 Å². The van der Waals surface area contributed by atoms with Gasteiger partial charge in [-0.05, 0) is 12.0 Å². The van der Waals surface area contributed by atoms with Crippen LogP contribution >= 0.6 is 0 Å². The average Bonchev–Trinajstić information content (AvgIpc) is 2.73. The summed E-state index contributed by atoms with van der Waals surface area (Å²) >= 11 is 0. The molecule has 0 aromatic heterocycles. The smallest absolute Gasteiger partial charge is 0.223 e. The van der Waals surface area contributed by atoms with Gasteiger partial charge in [0.05, 0.1) is 12.6 Å². The minimum atomic E-state index is -1.20. The number of hydrogen-bond acceptors (Lipinski definition) is 2. The van der Waals surface area contributed by atoms with Gasteiger partial charge in [0.15, 0.2) is 11.6 Å². The van der Waals surface area contributed by atoms with Gasteiger partial charge in [-0.3, -0.25) is 4.79 Å². The van der Waals surface area contributed by atoms with Crippen molar-refractivity contribution in [3.05, 3.63) is 35.4 Å². The van der Waals surface area contributed by atoms with Gasteiger partial charge in [-0.2, -0.15) is 0 Å². The molecule has 1 aliphatic rings. The lowest BCUT2D eigenvalue weighted by Gasteiger charge is -2.21. The number of halogens is 2. The number of hydrogen-bond donors (Lipinski definition) is 1. The summed E-state index contributed by atoms with van der Waals surface area (Å²) in [6.07, 6.45) is 0.164. The number of aliphatic hydroxyl groups is 1. The second kappa shape index (κ2) is 5.65. The number of β-amino-alcohol motifs (C(OH)–C–C–N with tert-alkyl or cyclic N) is 1. The van der Waals surface area contributed by atoms with E-state index in [1.54, 1.807) is 0 Å². The van der Waals surface area contributed by atoms with Gasteiger partial charge in [0.1, 0.15) is 0 Å². The van der Waals surface area contributed by atoms with E-state index in [2.05, 4.69) is 0 Å². The van der Waals surface area contributed by atoms with Crippen molar-refractivity contribution >= 4 is 5.91 Å². The van der Waals surface area contributed by atoms with E-state index >= 15 is 0 Å². The number of carbonyl (C=O) groups excluding carboxylic acids is 1. The first-order valence-corrected chi connectivity index (χ1v) is 6.42. The first-order chi connectivity index (χ1) is 9.02. The minimum Gasteiger partial charge on any atom is -0.386 e. The lowest BCUT2D eigenvalue weighted by Crippen LogP contribution is -2.30. The molecule has 0 radical (unpaired) electrons. The molecule has 2 unspecified atom stereocenters. The van der Waals surface area contributed by atoms with E-state index in [9.17, 15) is 18.7 Å². The van der Waals surface area contributed by atoms with Crippen molar-refractivity contribution in [2.75, 3.05) is 13.1 Å². The van der Waals surface area contributed by atoms with Crippen molar-refractivity contribution in [3.63, 3.8) is 0 Å². The van der Waals surface area contributed by atoms with Crippen LogP contribution in [0.5, 0.6) is 0 Å². The Bertz CT molecular complexity index is 479. The molecule has 1 heterocycles. The Kier molecular flexibility index (Phi) is 4.14. The molecule has 1 aliphatic heterocycles. The second-order valence-electron chi connectivity index (χ2n) is 4.94. The fourth-order valence-corrected chi connectivity index (χ4v) is 2.39. The summed E-state index contributed by atoms with van der Waals surface area (Å²) in [4.78, 5) is 13.2. The minimum absolute atomic E-state index is 0.00963. The highest BCUT2D eigenvalue weighted by Crippen LogP contribution is 2.25. The van der Waals surface area contributed by atoms with E-state index in [1.807, 2.05) is 6.92 Å². The first-order valence-electron chi connectivity index (χ1n) is 6.42. The molecule has 1 fully saturated rings. The largest absolute Gasteiger partial charge is 0.386 e. The first kappa shape index (κ1) is 13.9. The average molecular weight is 269 g/mol. The second-order valence-corrected chi connectivity index (χ2v) is 4.94. The molecule has 2 rings (SSSR count). The Morgan fingerprint density at radius 1 is 1.47 bits per heavy atom. The number of carbonyl (C=O) groups is 1. The summed E-state index contributed by atoms with van der Waals surface area (Å²) in [6.45, 7) is 2.59. The Morgan fingerprint density at radius 2 is 2.21 bits per heavy atom. The molecule has 104 valence electrons. The molecular formula is C14H17F2NO2. The zero-order valence-electron chi connectivity index (χ0n) is 10.8. The Labute approximate surface area is 110 Å². The van der Waals surface area contributed by atoms with Crippen LogP contribution in [-0.2, 0) is 4.79 Å². The molecule has 0 saturated carbocycles. The molecule has 1 aromatic rings. The van der Waals surface area contributed by atoms with Crippen LogP contribution in [0.25, 0.3) is 0 Å². The van der Waals surface area contributed by atoms with Crippen molar-refractivity contribution in [2.24, 2.45) is 5.92 Å². The van der Waals surface area contributed by atoms with Crippen LogP contribution in [0.2, 0.25) is 0 Å². The van der Waals surface area contributed by atoms with Crippen LogP contribution in [0.4, 0.5) is 8.78 Å². The molecule has 0 aliphatic carbocycles. The molecule has 0 spiro atoms. The Balaban J connectivity index is 2.07. The van der Waals surface area contributed by atoms with E-state index in [0.29, 0.717) is 13.0 Å². The molecule has 5 heteroatoms. The zero-order chi connectivity index (χ0) is 14.0. The van der Waals surface area contributed by atoms with Crippen LogP contribution in [0, 0.1) is 17.6 Å². The molecular weight excluding hydrogens is 252 g/mol. The van der Waals surface area contributed by atoms with Crippen molar-refractivity contribution in [3.8, 4) is 0 Å². The summed E-state index contributed by atoms with van der Waals surface area (Å²) in [5.74, 6) is -1.79. The Hall–Kier alpha value is -1.49. The maximum Gasteiger partial charge on any atom is 0.223 e. The van der Waals surface area contributed by atoms with Crippen LogP contribution in [0.3, 0.4) is 0 Å². The van der Waals surface area contributed by atoms with Gasteiger partial charge in [-0.15, -0.1) is 0 Å². The summed E-state index contributed by atoms with van der Waals surface area (Å²) in [5, 5.41) is 9.96. The lowest BCUT2D eigenvalue weighted by atomic mass is 10.1. The number of amides is 1. The highest BCUT2D eigenvalue weighted by molar-refractivity contribution is 5.78. The molecule has 1 N–H and O–H groups in total. The van der Waals surface area contributed by atoms with Gasteiger partial charge in [-0.1, -0.05) is 25.5 Å². The van der Waals surface area contributed by atoms with Crippen LogP contribution in [0.15, 0.2) is 18.2 Å². The van der Waals surface area contributed by atoms with Crippen LogP contribution in [0.1, 0.15) is 31.4 Å². The third kappa shape index (κ3) is 2.92. The lowest BCUT2D eigenvalue weighted by molar-refractivity contribution is -0.129. The summed E-state index contributed by atoms with van der Waals surface area (Å²) in [7, 11) is 0. The fraction of sp³-hybridized carbons (Fsp3) is 0.500. The quantitative estimate of drug-likeness (QED) is 0.910. The van der Waals surface area contributed by atoms with E-state index in [0.717, 1.165) is 12.5 Å². The molecule has 1 aromatic carbocycles. The third-order valence-corrected chi connectivity index (χ3v) is 3.61. The van der Waals surface area contributed by atoms with Gasteiger partial charge >= 0.3 is 0 Å². The number of likely N-dealkylation sites (tertiary alicyclic amines) is 1. The highest BCUT2D eigenvalue weighted by atomic mass is 19.2. The number of benzene rings is 1. The van der Waals surface area contributed by atoms with Gasteiger partial charge < -0.3 is 10.0 Å². The zero-order valence-corrected chi connectivity index (χ0v) is 10.8. The van der Waals surface area contributed by atoms with Crippen LogP contribution < -0.4 is 0 Å². The molecule has 1 amide bonds. The van der Waals surface area contributed by atoms with Gasteiger partial charge in [0.25, 0.3) is 0 Å². The van der Waals surface area contributed by atoms with E-state index in [4.69, 9.17) is 0 Å². The molecule has 2 atom stereocenters. The highest BCUT2D eigenvalue weighted by Gasteiger charge is 2.30. The molecule has 1 saturated heterocycles. The van der Waals surface area contributed by atoms with Crippen LogP contribution in [-0.4, -0.2) is 29.0 Å². The van der Waals surface area contributed by atoms with Gasteiger partial charge in [0.2, 0.25) is 5.91 Å². The number of nitrogens with zero attached hydrogens (tertiary/aromatic N) is 1. The topological polar surface area (TPSA) is 40.5 Å². The number of rotatable bonds is 4. The number of aliphatic hydroxyl groups excluding tert-OH is 1. The summed E-state index contributed by atoms with van der Waals surface area (Å²) < 4.78 is 26.6. The van der Waals surface area contributed by atoms with E-state index < -0.39 is 17.7 Å². The maximum absolute atomic E-state index is 13.5. The predicted octanol–water partition coefficient (Wildman–Crippen LogP) is 2.26. The summed E-state index contributed by atoms with van der Waals surface area (Å²) in [5.41, 5.74) is -0.104. The van der Waals surface area contributed by atoms with Gasteiger partial charge in [0, 0.05) is 18.5 Å². The standard InChI is InChI=1S/C14H17F2NO2/c1-2-9-6-13(19)17(7-9)8-12(18)10-4-3-5-11(15)14(10)16/h3-5,9,12,18H,2,6-8H2,1H3. The third-order valence-electron chi connectivity index (χ3n) is 3.61. The monoisotopic (exact) mass is 269 g/mol. The molecule has 3 nitrogen and oxygen atoms in total. The molecule has 0 bridgehead atoms. The fourth-order valence-electron chi connectivity index (χ4n) is 2.39. The van der Waals surface area contributed by atoms with Crippen molar-refractivity contribution in [2.45, 2.75) is 25.9 Å².